The molecule has 2 aliphatic carbocycles. The molecule has 2 N–H and O–H groups in total. The molecule has 8 heteroatoms. The van der Waals surface area contributed by atoms with Gasteiger partial charge in [0.1, 0.15) is 13.2 Å². The van der Waals surface area contributed by atoms with Crippen molar-refractivity contribution in [1.29, 1.82) is 0 Å². The van der Waals surface area contributed by atoms with Crippen molar-refractivity contribution in [1.82, 2.24) is 10.2 Å². The number of carboxylic acid groups (broad SMARTS) is 1. The van der Waals surface area contributed by atoms with Crippen LogP contribution in [0.15, 0.2) is 48.5 Å². The van der Waals surface area contributed by atoms with Crippen LogP contribution in [0.2, 0.25) is 0 Å². The average molecular weight is 465 g/mol. The van der Waals surface area contributed by atoms with Crippen LogP contribution >= 0.6 is 0 Å². The molecule has 1 heterocycles. The van der Waals surface area contributed by atoms with Gasteiger partial charge < -0.3 is 24.8 Å². The summed E-state index contributed by atoms with van der Waals surface area (Å²) in [7, 11) is 0. The summed E-state index contributed by atoms with van der Waals surface area (Å²) in [6.45, 7) is 0.433. The van der Waals surface area contributed by atoms with Gasteiger partial charge >= 0.3 is 12.1 Å². The van der Waals surface area contributed by atoms with E-state index < -0.39 is 12.1 Å². The number of rotatable bonds is 8. The lowest BCUT2D eigenvalue weighted by Gasteiger charge is -2.23. The summed E-state index contributed by atoms with van der Waals surface area (Å²) in [5, 5.41) is 11.8. The minimum atomic E-state index is -1.01. The molecule has 5 rings (SSSR count). The summed E-state index contributed by atoms with van der Waals surface area (Å²) < 4.78 is 11.2. The fourth-order valence-electron chi connectivity index (χ4n) is 5.02. The lowest BCUT2D eigenvalue weighted by Crippen LogP contribution is -2.41. The van der Waals surface area contributed by atoms with Crippen LogP contribution in [0.4, 0.5) is 4.79 Å². The van der Waals surface area contributed by atoms with Crippen LogP contribution in [-0.4, -0.2) is 66.4 Å². The number of amides is 2. The van der Waals surface area contributed by atoms with Crippen molar-refractivity contribution in [3.63, 3.8) is 0 Å². The van der Waals surface area contributed by atoms with E-state index in [4.69, 9.17) is 14.6 Å². The highest BCUT2D eigenvalue weighted by molar-refractivity contribution is 5.84. The molecule has 2 aromatic carbocycles. The van der Waals surface area contributed by atoms with E-state index in [-0.39, 0.29) is 56.2 Å². The van der Waals surface area contributed by atoms with E-state index in [9.17, 15) is 14.4 Å². The zero-order valence-electron chi connectivity index (χ0n) is 18.8. The second-order valence-electron chi connectivity index (χ2n) is 9.19. The Hall–Kier alpha value is -3.39. The normalized spacial score (nSPS) is 20.9. The molecule has 2 amide bonds. The summed E-state index contributed by atoms with van der Waals surface area (Å²) in [5.41, 5.74) is 4.65. The van der Waals surface area contributed by atoms with Gasteiger partial charge in [-0.2, -0.15) is 0 Å². The van der Waals surface area contributed by atoms with Gasteiger partial charge in [-0.1, -0.05) is 48.5 Å². The summed E-state index contributed by atoms with van der Waals surface area (Å²) in [6, 6.07) is 16.4. The predicted octanol–water partition coefficient (Wildman–Crippen LogP) is 3.01. The topological polar surface area (TPSA) is 105 Å². The molecule has 2 aromatic rings. The Kier molecular flexibility index (Phi) is 6.24. The van der Waals surface area contributed by atoms with Crippen LogP contribution in [-0.2, 0) is 19.1 Å². The number of ether oxygens (including phenoxy) is 2. The van der Waals surface area contributed by atoms with Crippen molar-refractivity contribution >= 4 is 18.0 Å². The van der Waals surface area contributed by atoms with E-state index in [1.165, 1.54) is 16.0 Å². The monoisotopic (exact) mass is 464 g/mol. The highest BCUT2D eigenvalue weighted by Crippen LogP contribution is 2.44. The van der Waals surface area contributed by atoms with Gasteiger partial charge in [-0.15, -0.1) is 0 Å². The minimum absolute atomic E-state index is 0.00877. The molecular formula is C26H28N2O6. The Bertz CT molecular complexity index is 1050. The number of carbonyl (C=O) groups excluding carboxylic acids is 2. The number of benzene rings is 2. The average Bonchev–Trinajstić information content (AvgIpc) is 3.48. The Balaban J connectivity index is 1.11. The summed E-state index contributed by atoms with van der Waals surface area (Å²) >= 11 is 0. The number of hydrogen-bond acceptors (Lipinski definition) is 5. The number of carboxylic acids is 1. The molecular weight excluding hydrogens is 436 g/mol. The Labute approximate surface area is 197 Å². The maximum Gasteiger partial charge on any atom is 0.407 e. The van der Waals surface area contributed by atoms with Crippen molar-refractivity contribution in [2.24, 2.45) is 5.92 Å². The predicted molar refractivity (Wildman–Crippen MR) is 123 cm³/mol. The van der Waals surface area contributed by atoms with E-state index in [1.807, 2.05) is 24.3 Å². The molecule has 1 aliphatic heterocycles. The first-order chi connectivity index (χ1) is 16.5. The molecule has 0 unspecified atom stereocenters. The maximum atomic E-state index is 12.8. The standard InChI is InChI=1S/C26H28N2O6/c29-24(30)13-28(17-9-10-17)25(31)16-11-18(33-14-16)12-27-26(32)34-15-23-21-7-3-1-5-19(21)20-6-2-4-8-22(20)23/h1-8,16-18,23H,9-15H2,(H,27,32)(H,29,30)/t16-,18-/m0/s1. The van der Waals surface area contributed by atoms with Gasteiger partial charge in [0, 0.05) is 18.5 Å². The van der Waals surface area contributed by atoms with Gasteiger partial charge in [-0.05, 0) is 41.5 Å². The molecule has 0 radical (unpaired) electrons. The molecule has 0 bridgehead atoms. The third-order valence-corrected chi connectivity index (χ3v) is 6.82. The van der Waals surface area contributed by atoms with Gasteiger partial charge in [0.2, 0.25) is 5.91 Å². The largest absolute Gasteiger partial charge is 0.480 e. The molecule has 178 valence electrons. The first-order valence-corrected chi connectivity index (χ1v) is 11.7. The Morgan fingerprint density at radius 1 is 1.03 bits per heavy atom. The molecule has 34 heavy (non-hydrogen) atoms. The van der Waals surface area contributed by atoms with Crippen LogP contribution in [0.5, 0.6) is 0 Å². The molecule has 0 spiro atoms. The lowest BCUT2D eigenvalue weighted by atomic mass is 9.98. The third kappa shape index (κ3) is 4.63. The van der Waals surface area contributed by atoms with Crippen molar-refractivity contribution in [2.45, 2.75) is 37.3 Å². The van der Waals surface area contributed by atoms with Crippen molar-refractivity contribution in [2.75, 3.05) is 26.3 Å². The van der Waals surface area contributed by atoms with Gasteiger partial charge in [0.15, 0.2) is 0 Å². The highest BCUT2D eigenvalue weighted by Gasteiger charge is 2.40. The maximum absolute atomic E-state index is 12.8. The number of nitrogens with one attached hydrogen (secondary N) is 1. The number of carbonyl (C=O) groups is 3. The van der Waals surface area contributed by atoms with Crippen molar-refractivity contribution < 1.29 is 29.0 Å². The van der Waals surface area contributed by atoms with E-state index in [2.05, 4.69) is 29.6 Å². The third-order valence-electron chi connectivity index (χ3n) is 6.82. The van der Waals surface area contributed by atoms with Gasteiger partial charge in [0.25, 0.3) is 0 Å². The fourth-order valence-corrected chi connectivity index (χ4v) is 5.02. The number of aliphatic carboxylic acids is 1. The number of hydrogen-bond donors (Lipinski definition) is 2. The Morgan fingerprint density at radius 3 is 2.29 bits per heavy atom. The zero-order valence-corrected chi connectivity index (χ0v) is 18.8. The smallest absolute Gasteiger partial charge is 0.407 e. The quantitative estimate of drug-likeness (QED) is 0.622. The molecule has 1 saturated carbocycles. The molecule has 1 saturated heterocycles. The number of nitrogens with zero attached hydrogens (tertiary/aromatic N) is 1. The van der Waals surface area contributed by atoms with Gasteiger partial charge in [0.05, 0.1) is 18.6 Å². The van der Waals surface area contributed by atoms with E-state index in [0.717, 1.165) is 24.0 Å². The van der Waals surface area contributed by atoms with E-state index in [0.29, 0.717) is 6.42 Å². The highest BCUT2D eigenvalue weighted by atomic mass is 16.5. The van der Waals surface area contributed by atoms with Crippen LogP contribution in [0.1, 0.15) is 36.3 Å². The SMILES string of the molecule is O=C(O)CN(C(=O)[C@@H]1CO[C@H](CNC(=O)OCC2c3ccccc3-c3ccccc32)C1)C1CC1. The van der Waals surface area contributed by atoms with Crippen molar-refractivity contribution in [3.8, 4) is 11.1 Å². The van der Waals surface area contributed by atoms with Crippen LogP contribution < -0.4 is 5.32 Å². The molecule has 3 aliphatic rings. The first kappa shape index (κ1) is 22.4. The fraction of sp³-hybridized carbons (Fsp3) is 0.423. The Morgan fingerprint density at radius 2 is 1.68 bits per heavy atom. The minimum Gasteiger partial charge on any atom is -0.480 e. The number of alkyl carbamates (subject to hydrolysis) is 1. The molecule has 2 atom stereocenters. The second kappa shape index (κ2) is 9.46. The van der Waals surface area contributed by atoms with E-state index in [1.54, 1.807) is 0 Å². The van der Waals surface area contributed by atoms with Crippen LogP contribution in [0.25, 0.3) is 11.1 Å². The van der Waals surface area contributed by atoms with Gasteiger partial charge in [-0.3, -0.25) is 9.59 Å². The molecule has 0 aromatic heterocycles. The summed E-state index contributed by atoms with van der Waals surface area (Å²) in [4.78, 5) is 37.7. The zero-order chi connectivity index (χ0) is 23.7. The summed E-state index contributed by atoms with van der Waals surface area (Å²) in [5.74, 6) is -1.57. The van der Waals surface area contributed by atoms with Crippen LogP contribution in [0, 0.1) is 5.92 Å². The van der Waals surface area contributed by atoms with E-state index >= 15 is 0 Å². The summed E-state index contributed by atoms with van der Waals surface area (Å²) in [6.07, 6.45) is 1.32. The van der Waals surface area contributed by atoms with Crippen molar-refractivity contribution in [3.05, 3.63) is 59.7 Å². The first-order valence-electron chi connectivity index (χ1n) is 11.7. The number of fused-ring (bicyclic) bond motifs is 3. The molecule has 8 nitrogen and oxygen atoms in total. The van der Waals surface area contributed by atoms with Crippen LogP contribution in [0.3, 0.4) is 0 Å². The molecule has 2 fully saturated rings. The van der Waals surface area contributed by atoms with Gasteiger partial charge in [-0.25, -0.2) is 4.79 Å². The lowest BCUT2D eigenvalue weighted by molar-refractivity contribution is -0.146. The second-order valence-corrected chi connectivity index (χ2v) is 9.19.